The monoisotopic (exact) mass is 321 g/mol. The Morgan fingerprint density at radius 1 is 1.39 bits per heavy atom. The van der Waals surface area contributed by atoms with Crippen molar-refractivity contribution >= 4 is 29.5 Å². The summed E-state index contributed by atoms with van der Waals surface area (Å²) in [6.07, 6.45) is -2.67. The summed E-state index contributed by atoms with van der Waals surface area (Å²) < 4.78 is 10.3. The number of para-hydroxylation sites is 2. The van der Waals surface area contributed by atoms with Crippen molar-refractivity contribution in [1.82, 2.24) is 5.32 Å². The summed E-state index contributed by atoms with van der Waals surface area (Å²) >= 11 is 0. The summed E-state index contributed by atoms with van der Waals surface area (Å²) in [5, 5.41) is 4.39. The number of nitrogens with one attached hydrogen (secondary N) is 2. The van der Waals surface area contributed by atoms with Crippen LogP contribution in [0.1, 0.15) is 13.3 Å². The molecule has 0 aromatic heterocycles. The van der Waals surface area contributed by atoms with Crippen molar-refractivity contribution in [3.8, 4) is 5.75 Å². The summed E-state index contributed by atoms with van der Waals surface area (Å²) in [4.78, 5) is 45.6. The van der Waals surface area contributed by atoms with Gasteiger partial charge in [0.15, 0.2) is 12.2 Å². The number of nitrogens with two attached hydrogens (primary N) is 1. The second-order valence-electron chi connectivity index (χ2n) is 4.78. The van der Waals surface area contributed by atoms with Gasteiger partial charge in [-0.1, -0.05) is 12.1 Å². The van der Waals surface area contributed by atoms with E-state index in [0.717, 1.165) is 0 Å². The van der Waals surface area contributed by atoms with Crippen LogP contribution in [-0.4, -0.2) is 36.0 Å². The van der Waals surface area contributed by atoms with Gasteiger partial charge < -0.3 is 20.5 Å². The average molecular weight is 321 g/mol. The van der Waals surface area contributed by atoms with E-state index in [1.54, 1.807) is 29.6 Å². The van der Waals surface area contributed by atoms with Crippen molar-refractivity contribution in [2.75, 3.05) is 5.32 Å². The van der Waals surface area contributed by atoms with Gasteiger partial charge >= 0.3 is 12.0 Å². The summed E-state index contributed by atoms with van der Waals surface area (Å²) in [6, 6.07) is 5.72. The van der Waals surface area contributed by atoms with Crippen LogP contribution in [0.5, 0.6) is 5.75 Å². The maximum atomic E-state index is 11.9. The molecule has 4 amide bonds. The lowest BCUT2D eigenvalue weighted by Gasteiger charge is -2.25. The van der Waals surface area contributed by atoms with Gasteiger partial charge in [0.1, 0.15) is 5.75 Å². The number of ether oxygens (including phenoxy) is 2. The molecule has 4 N–H and O–H groups in total. The second kappa shape index (κ2) is 6.77. The number of imide groups is 1. The van der Waals surface area contributed by atoms with Gasteiger partial charge in [-0.2, -0.15) is 0 Å². The van der Waals surface area contributed by atoms with Crippen LogP contribution in [0, 0.1) is 0 Å². The number of amides is 4. The predicted molar refractivity (Wildman–Crippen MR) is 77.4 cm³/mol. The first-order valence-electron chi connectivity index (χ1n) is 6.73. The van der Waals surface area contributed by atoms with Crippen molar-refractivity contribution < 1.29 is 28.7 Å². The van der Waals surface area contributed by atoms with E-state index >= 15 is 0 Å². The Morgan fingerprint density at radius 2 is 2.09 bits per heavy atom. The molecule has 2 unspecified atom stereocenters. The highest BCUT2D eigenvalue weighted by Gasteiger charge is 2.31. The number of primary amides is 1. The topological polar surface area (TPSA) is 137 Å². The molecule has 1 aliphatic heterocycles. The van der Waals surface area contributed by atoms with Crippen molar-refractivity contribution in [3.63, 3.8) is 0 Å². The van der Waals surface area contributed by atoms with E-state index in [0.29, 0.717) is 11.4 Å². The Labute approximate surface area is 131 Å². The van der Waals surface area contributed by atoms with E-state index in [-0.39, 0.29) is 6.42 Å². The Kier molecular flexibility index (Phi) is 4.79. The van der Waals surface area contributed by atoms with Gasteiger partial charge in [0.25, 0.3) is 11.8 Å². The molecule has 23 heavy (non-hydrogen) atoms. The molecule has 0 aliphatic carbocycles. The molecule has 9 heteroatoms. The standard InChI is InChI=1S/C14H15N3O6/c1-7(12(19)17-14(15)21)22-11(18)6-10-13(20)16-8-4-2-3-5-9(8)23-10/h2-5,7,10H,6H2,1H3,(H,16,20)(H3,15,17,19,21). The van der Waals surface area contributed by atoms with Gasteiger partial charge in [0.2, 0.25) is 0 Å². The lowest BCUT2D eigenvalue weighted by Crippen LogP contribution is -2.43. The van der Waals surface area contributed by atoms with Gasteiger partial charge in [-0.25, -0.2) is 4.79 Å². The van der Waals surface area contributed by atoms with E-state index in [4.69, 9.17) is 15.2 Å². The van der Waals surface area contributed by atoms with E-state index < -0.39 is 36.0 Å². The van der Waals surface area contributed by atoms with Crippen LogP contribution < -0.4 is 21.1 Å². The van der Waals surface area contributed by atoms with E-state index in [9.17, 15) is 19.2 Å². The average Bonchev–Trinajstić information content (AvgIpc) is 2.47. The molecule has 0 fully saturated rings. The molecular weight excluding hydrogens is 306 g/mol. The van der Waals surface area contributed by atoms with Gasteiger partial charge in [-0.3, -0.25) is 19.7 Å². The van der Waals surface area contributed by atoms with Crippen molar-refractivity contribution in [1.29, 1.82) is 0 Å². The molecule has 1 aliphatic rings. The molecule has 1 aromatic carbocycles. The number of benzene rings is 1. The van der Waals surface area contributed by atoms with Gasteiger partial charge in [0, 0.05) is 0 Å². The van der Waals surface area contributed by atoms with Crippen molar-refractivity contribution in [2.45, 2.75) is 25.6 Å². The lowest BCUT2D eigenvalue weighted by molar-refractivity contribution is -0.157. The molecule has 1 heterocycles. The van der Waals surface area contributed by atoms with Crippen molar-refractivity contribution in [2.24, 2.45) is 5.73 Å². The van der Waals surface area contributed by atoms with Crippen molar-refractivity contribution in [3.05, 3.63) is 24.3 Å². The molecule has 2 rings (SSSR count). The highest BCUT2D eigenvalue weighted by atomic mass is 16.6. The molecule has 9 nitrogen and oxygen atoms in total. The highest BCUT2D eigenvalue weighted by Crippen LogP contribution is 2.29. The minimum Gasteiger partial charge on any atom is -0.478 e. The van der Waals surface area contributed by atoms with Gasteiger partial charge in [-0.15, -0.1) is 0 Å². The molecule has 0 saturated heterocycles. The van der Waals surface area contributed by atoms with Crippen LogP contribution in [0.15, 0.2) is 24.3 Å². The third-order valence-corrected chi connectivity index (χ3v) is 2.98. The van der Waals surface area contributed by atoms with Crippen LogP contribution in [0.25, 0.3) is 0 Å². The first kappa shape index (κ1) is 16.3. The van der Waals surface area contributed by atoms with Crippen LogP contribution >= 0.6 is 0 Å². The SMILES string of the molecule is CC(OC(=O)CC1Oc2ccccc2NC1=O)C(=O)NC(N)=O. The molecule has 1 aromatic rings. The van der Waals surface area contributed by atoms with Crippen LogP contribution in [0.3, 0.4) is 0 Å². The quantitative estimate of drug-likeness (QED) is 0.662. The molecule has 122 valence electrons. The van der Waals surface area contributed by atoms with Gasteiger partial charge in [0.05, 0.1) is 12.1 Å². The fraction of sp³-hybridized carbons (Fsp3) is 0.286. The van der Waals surface area contributed by atoms with Crippen LogP contribution in [0.4, 0.5) is 10.5 Å². The Bertz CT molecular complexity index is 660. The molecule has 0 spiro atoms. The number of esters is 1. The number of carbonyl (C=O) groups excluding carboxylic acids is 4. The Morgan fingerprint density at radius 3 is 2.78 bits per heavy atom. The second-order valence-corrected chi connectivity index (χ2v) is 4.78. The van der Waals surface area contributed by atoms with Crippen LogP contribution in [0.2, 0.25) is 0 Å². The number of carbonyl (C=O) groups is 4. The number of anilines is 1. The normalized spacial score (nSPS) is 17.1. The summed E-state index contributed by atoms with van der Waals surface area (Å²) in [5.74, 6) is -1.74. The Hall–Kier alpha value is -3.10. The number of rotatable bonds is 4. The predicted octanol–water partition coefficient (Wildman–Crippen LogP) is -0.0972. The summed E-state index contributed by atoms with van der Waals surface area (Å²) in [7, 11) is 0. The summed E-state index contributed by atoms with van der Waals surface area (Å²) in [6.45, 7) is 1.27. The number of hydrogen-bond acceptors (Lipinski definition) is 6. The largest absolute Gasteiger partial charge is 0.478 e. The zero-order chi connectivity index (χ0) is 17.0. The molecule has 0 radical (unpaired) electrons. The third-order valence-electron chi connectivity index (χ3n) is 2.98. The fourth-order valence-corrected chi connectivity index (χ4v) is 1.90. The molecule has 0 saturated carbocycles. The van der Waals surface area contributed by atoms with E-state index in [1.807, 2.05) is 0 Å². The van der Waals surface area contributed by atoms with E-state index in [2.05, 4.69) is 5.32 Å². The van der Waals surface area contributed by atoms with Gasteiger partial charge in [-0.05, 0) is 19.1 Å². The highest BCUT2D eigenvalue weighted by molar-refractivity contribution is 6.00. The molecule has 0 bridgehead atoms. The zero-order valence-corrected chi connectivity index (χ0v) is 12.2. The minimum absolute atomic E-state index is 0.381. The third kappa shape index (κ3) is 4.19. The lowest BCUT2D eigenvalue weighted by atomic mass is 10.1. The maximum Gasteiger partial charge on any atom is 0.318 e. The first-order valence-corrected chi connectivity index (χ1v) is 6.73. The zero-order valence-electron chi connectivity index (χ0n) is 12.2. The van der Waals surface area contributed by atoms with Crippen LogP contribution in [-0.2, 0) is 19.1 Å². The molecular formula is C14H15N3O6. The minimum atomic E-state index is -1.23. The smallest absolute Gasteiger partial charge is 0.318 e. The van der Waals surface area contributed by atoms with E-state index in [1.165, 1.54) is 6.92 Å². The number of urea groups is 1. The number of hydrogen-bond donors (Lipinski definition) is 3. The first-order chi connectivity index (χ1) is 10.9. The fourth-order valence-electron chi connectivity index (χ4n) is 1.90. The maximum absolute atomic E-state index is 11.9. The summed E-state index contributed by atoms with van der Waals surface area (Å²) in [5.41, 5.74) is 5.30. The Balaban J connectivity index is 1.92. The molecule has 2 atom stereocenters. The number of fused-ring (bicyclic) bond motifs is 1.